The van der Waals surface area contributed by atoms with E-state index in [1.165, 1.54) is 34.1 Å². The van der Waals surface area contributed by atoms with E-state index in [0.717, 1.165) is 5.56 Å². The summed E-state index contributed by atoms with van der Waals surface area (Å²) in [5, 5.41) is 17.3. The minimum absolute atomic E-state index is 0.0880. The summed E-state index contributed by atoms with van der Waals surface area (Å²) < 4.78 is 0. The number of ketones is 2. The van der Waals surface area contributed by atoms with Gasteiger partial charge in [0, 0.05) is 11.6 Å². The molecule has 26 heavy (non-hydrogen) atoms. The van der Waals surface area contributed by atoms with E-state index in [2.05, 4.69) is 0 Å². The maximum atomic E-state index is 11.2. The number of phenolic OH excluding ortho intramolecular Hbond substituents is 2. The van der Waals surface area contributed by atoms with Crippen LogP contribution in [0.15, 0.2) is 54.6 Å². The van der Waals surface area contributed by atoms with Crippen LogP contribution >= 0.6 is 0 Å². The van der Waals surface area contributed by atoms with Gasteiger partial charge >= 0.3 is 0 Å². The Kier molecular flexibility index (Phi) is 10.2. The zero-order valence-corrected chi connectivity index (χ0v) is 13.2. The molecule has 0 heterocycles. The van der Waals surface area contributed by atoms with Crippen LogP contribution in [0.3, 0.4) is 0 Å². The van der Waals surface area contributed by atoms with Gasteiger partial charge in [-0.15, -0.1) is 0 Å². The second-order valence-electron chi connectivity index (χ2n) is 4.31. The van der Waals surface area contributed by atoms with Crippen LogP contribution in [0.2, 0.25) is 0 Å². The monoisotopic (exact) mass is 352 g/mol. The predicted molar refractivity (Wildman–Crippen MR) is 94.7 cm³/mol. The Morgan fingerprint density at radius 3 is 1.69 bits per heavy atom. The van der Waals surface area contributed by atoms with E-state index >= 15 is 0 Å². The van der Waals surface area contributed by atoms with E-state index in [-0.39, 0.29) is 11.5 Å². The van der Waals surface area contributed by atoms with Crippen molar-refractivity contribution in [2.75, 3.05) is 0 Å². The molecule has 0 atom stereocenters. The number of nitrogens with zero attached hydrogens (tertiary/aromatic N) is 6. The van der Waals surface area contributed by atoms with Gasteiger partial charge in [0.25, 0.3) is 0 Å². The lowest BCUT2D eigenvalue weighted by atomic mass is 9.96. The molecule has 10 heteroatoms. The number of carbonyl (C=O) groups excluding carboxylic acids is 2. The zero-order valence-electron chi connectivity index (χ0n) is 13.2. The summed E-state index contributed by atoms with van der Waals surface area (Å²) >= 11 is 0. The number of Topliss-reactive ketones (excluding diaryl/α,β-unsaturated/α-hetero) is 1. The van der Waals surface area contributed by atoms with Gasteiger partial charge in [0.2, 0.25) is 11.6 Å². The Hall–Kier alpha value is -4.26. The molecule has 1 aliphatic carbocycles. The summed E-state index contributed by atoms with van der Waals surface area (Å²) in [5.41, 5.74) is 28.3. The minimum atomic E-state index is -0.436. The van der Waals surface area contributed by atoms with Crippen LogP contribution in [0, 0.1) is 0 Å². The van der Waals surface area contributed by atoms with Crippen LogP contribution in [0.25, 0.3) is 38.0 Å². The molecule has 2 aromatic carbocycles. The van der Waals surface area contributed by atoms with Crippen molar-refractivity contribution in [3.05, 3.63) is 97.7 Å². The van der Waals surface area contributed by atoms with E-state index < -0.39 is 11.6 Å². The fourth-order valence-electron chi connectivity index (χ4n) is 1.72. The first-order chi connectivity index (χ1) is 12.4. The van der Waals surface area contributed by atoms with Crippen molar-refractivity contribution in [1.29, 1.82) is 0 Å². The first-order valence-corrected chi connectivity index (χ1v) is 6.71. The highest BCUT2D eigenvalue weighted by atomic mass is 16.3. The van der Waals surface area contributed by atoms with Gasteiger partial charge in [0.15, 0.2) is 0 Å². The zero-order chi connectivity index (χ0) is 19.9. The average molecular weight is 352 g/mol. The first-order valence-electron chi connectivity index (χ1n) is 6.71. The van der Waals surface area contributed by atoms with E-state index in [0.29, 0.717) is 5.56 Å². The highest BCUT2D eigenvalue weighted by Crippen LogP contribution is 2.16. The number of phenols is 2. The molecule has 0 amide bonds. The van der Waals surface area contributed by atoms with Crippen molar-refractivity contribution in [3.63, 3.8) is 0 Å². The Morgan fingerprint density at radius 1 is 0.731 bits per heavy atom. The van der Waals surface area contributed by atoms with Gasteiger partial charge in [-0.25, -0.2) is 0 Å². The fraction of sp³-hybridized carbons (Fsp3) is 0. The van der Waals surface area contributed by atoms with E-state index in [9.17, 15) is 9.59 Å². The summed E-state index contributed by atoms with van der Waals surface area (Å²) in [6.07, 6.45) is 2.98. The van der Waals surface area contributed by atoms with Crippen molar-refractivity contribution >= 4 is 17.6 Å². The molecule has 2 N–H and O–H groups in total. The smallest absolute Gasteiger partial charge is 0.233 e. The number of aromatic hydroxyl groups is 2. The van der Waals surface area contributed by atoms with Gasteiger partial charge in [0.1, 0.15) is 11.5 Å². The number of rotatable bonds is 0. The Bertz CT molecular complexity index is 837. The molecule has 0 spiro atoms. The van der Waals surface area contributed by atoms with Gasteiger partial charge < -0.3 is 32.3 Å². The predicted octanol–water partition coefficient (Wildman–Crippen LogP) is 4.30. The van der Waals surface area contributed by atoms with Crippen LogP contribution in [0.4, 0.5) is 0 Å². The van der Waals surface area contributed by atoms with Crippen molar-refractivity contribution in [2.24, 2.45) is 0 Å². The van der Waals surface area contributed by atoms with Gasteiger partial charge in [-0.05, 0) is 23.8 Å². The highest BCUT2D eigenvalue weighted by molar-refractivity contribution is 6.49. The van der Waals surface area contributed by atoms with Crippen molar-refractivity contribution in [3.8, 4) is 11.5 Å². The molecule has 0 saturated heterocycles. The third-order valence-electron chi connectivity index (χ3n) is 2.67. The second kappa shape index (κ2) is 12.2. The molecular formula is C16H12N6O4-2. The maximum Gasteiger partial charge on any atom is 0.233 e. The summed E-state index contributed by atoms with van der Waals surface area (Å²) in [6.45, 7) is 0. The highest BCUT2D eigenvalue weighted by Gasteiger charge is 2.19. The fourth-order valence-corrected chi connectivity index (χ4v) is 1.72. The van der Waals surface area contributed by atoms with Crippen molar-refractivity contribution in [2.45, 2.75) is 0 Å². The van der Waals surface area contributed by atoms with Gasteiger partial charge in [0.05, 0.1) is 0 Å². The Morgan fingerprint density at radius 2 is 1.23 bits per heavy atom. The molecule has 2 aromatic rings. The van der Waals surface area contributed by atoms with Gasteiger partial charge in [-0.3, -0.25) is 19.4 Å². The quantitative estimate of drug-likeness (QED) is 0.309. The molecule has 0 radical (unpaired) electrons. The first kappa shape index (κ1) is 21.7. The van der Waals surface area contributed by atoms with E-state index in [1.807, 2.05) is 12.1 Å². The number of allylic oxidation sites excluding steroid dienone is 1. The summed E-state index contributed by atoms with van der Waals surface area (Å²) in [7, 11) is 0. The van der Waals surface area contributed by atoms with Crippen molar-refractivity contribution < 1.29 is 19.8 Å². The summed E-state index contributed by atoms with van der Waals surface area (Å²) in [4.78, 5) is 25.1. The third kappa shape index (κ3) is 7.84. The topological polar surface area (TPSA) is 192 Å². The molecule has 3 rings (SSSR count). The van der Waals surface area contributed by atoms with Gasteiger partial charge in [-0.2, -0.15) is 0 Å². The van der Waals surface area contributed by atoms with Crippen molar-refractivity contribution in [1.82, 2.24) is 0 Å². The Balaban J connectivity index is 0.000000387. The maximum absolute atomic E-state index is 11.2. The van der Waals surface area contributed by atoms with E-state index in [1.54, 1.807) is 24.3 Å². The summed E-state index contributed by atoms with van der Waals surface area (Å²) in [5.74, 6) is -0.670. The average Bonchev–Trinajstić information content (AvgIpc) is 2.60. The Labute approximate surface area is 147 Å². The van der Waals surface area contributed by atoms with Gasteiger partial charge in [-0.1, -0.05) is 36.4 Å². The molecule has 0 unspecified atom stereocenters. The molecule has 0 aliphatic heterocycles. The van der Waals surface area contributed by atoms with Crippen LogP contribution in [-0.4, -0.2) is 21.8 Å². The van der Waals surface area contributed by atoms with Crippen LogP contribution < -0.4 is 0 Å². The SMILES string of the molecule is O=C1C=Cc2ccccc2C1=O.Oc1cccc(O)c1.[N-]=[N+]=[N-].[N-]=[N+]=[N-]. The lowest BCUT2D eigenvalue weighted by Crippen LogP contribution is -2.15. The lowest BCUT2D eigenvalue weighted by molar-refractivity contribution is -0.110. The number of benzene rings is 2. The molecule has 0 saturated carbocycles. The number of hydrogen-bond acceptors (Lipinski definition) is 4. The molecule has 1 aliphatic rings. The minimum Gasteiger partial charge on any atom is -0.508 e. The molecule has 0 fully saturated rings. The molecule has 10 nitrogen and oxygen atoms in total. The molecular weight excluding hydrogens is 340 g/mol. The van der Waals surface area contributed by atoms with Crippen LogP contribution in [0.5, 0.6) is 11.5 Å². The molecule has 132 valence electrons. The van der Waals surface area contributed by atoms with Crippen LogP contribution in [-0.2, 0) is 4.79 Å². The lowest BCUT2D eigenvalue weighted by Gasteiger charge is -2.06. The number of carbonyl (C=O) groups is 2. The molecule has 0 bridgehead atoms. The standard InChI is InChI=1S/C10H6O2.C6H6O2.2N3/c11-9-6-5-7-3-1-2-4-8(7)10(9)12;7-5-2-1-3-6(8)4-5;2*1-3-2/h1-6H;1-4,7-8H;;/q;;2*-1. The largest absolute Gasteiger partial charge is 0.508 e. The normalized spacial score (nSPS) is 10.2. The number of hydrogen-bond donors (Lipinski definition) is 2. The summed E-state index contributed by atoms with van der Waals surface area (Å²) in [6, 6.07) is 12.9. The third-order valence-corrected chi connectivity index (χ3v) is 2.67. The molecule has 0 aromatic heterocycles. The second-order valence-corrected chi connectivity index (χ2v) is 4.31. The van der Waals surface area contributed by atoms with E-state index in [4.69, 9.17) is 32.3 Å². The number of fused-ring (bicyclic) bond motifs is 1. The van der Waals surface area contributed by atoms with Crippen LogP contribution in [0.1, 0.15) is 15.9 Å².